The predicted molar refractivity (Wildman–Crippen MR) is 110 cm³/mol. The molecule has 144 valence electrons. The van der Waals surface area contributed by atoms with Gasteiger partial charge in [-0.15, -0.1) is 0 Å². The quantitative estimate of drug-likeness (QED) is 0.891. The third-order valence-corrected chi connectivity index (χ3v) is 5.42. The number of aromatic nitrogens is 2. The minimum atomic E-state index is 0.733. The van der Waals surface area contributed by atoms with Crippen molar-refractivity contribution in [2.75, 3.05) is 54.5 Å². The molecular weight excluding hydrogens is 338 g/mol. The summed E-state index contributed by atoms with van der Waals surface area (Å²) in [7, 11) is 0. The highest BCUT2D eigenvalue weighted by molar-refractivity contribution is 5.62. The van der Waals surface area contributed by atoms with Gasteiger partial charge in [0.1, 0.15) is 5.82 Å². The Morgan fingerprint density at radius 3 is 2.37 bits per heavy atom. The normalized spacial score (nSPS) is 18.6. The maximum atomic E-state index is 5.43. The lowest BCUT2D eigenvalue weighted by atomic mass is 9.99. The molecule has 2 fully saturated rings. The highest BCUT2D eigenvalue weighted by atomic mass is 16.5. The summed E-state index contributed by atoms with van der Waals surface area (Å²) in [6.45, 7) is 9.81. The van der Waals surface area contributed by atoms with Crippen LogP contribution in [0.25, 0.3) is 0 Å². The van der Waals surface area contributed by atoms with E-state index in [9.17, 15) is 0 Å². The van der Waals surface area contributed by atoms with Gasteiger partial charge >= 0.3 is 0 Å². The van der Waals surface area contributed by atoms with Crippen LogP contribution in [0.3, 0.4) is 0 Å². The SMILES string of the molecule is Cc1cc(Nc2ccc(N3CCC(C)CC3)cc2)nc(N2CCOCC2)n1. The highest BCUT2D eigenvalue weighted by Crippen LogP contribution is 2.25. The van der Waals surface area contributed by atoms with Gasteiger partial charge < -0.3 is 19.9 Å². The summed E-state index contributed by atoms with van der Waals surface area (Å²) in [6, 6.07) is 10.7. The first-order valence-electron chi connectivity index (χ1n) is 9.98. The molecule has 1 aromatic carbocycles. The number of benzene rings is 1. The van der Waals surface area contributed by atoms with Crippen molar-refractivity contribution in [3.05, 3.63) is 36.0 Å². The van der Waals surface area contributed by atoms with Crippen molar-refractivity contribution in [2.45, 2.75) is 26.7 Å². The van der Waals surface area contributed by atoms with E-state index in [0.29, 0.717) is 0 Å². The molecule has 2 aliphatic rings. The predicted octanol–water partition coefficient (Wildman–Crippen LogP) is 3.60. The van der Waals surface area contributed by atoms with Crippen LogP contribution in [0.4, 0.5) is 23.1 Å². The standard InChI is InChI=1S/C21H29N5O/c1-16-7-9-25(10-8-16)19-5-3-18(4-6-19)23-20-15-17(2)22-21(24-20)26-11-13-27-14-12-26/h3-6,15-16H,7-14H2,1-2H3,(H,22,23,24). The number of hydrogen-bond donors (Lipinski definition) is 1. The van der Waals surface area contributed by atoms with Gasteiger partial charge in [-0.3, -0.25) is 0 Å². The first kappa shape index (κ1) is 18.0. The van der Waals surface area contributed by atoms with Gasteiger partial charge in [0.05, 0.1) is 13.2 Å². The molecule has 0 aliphatic carbocycles. The molecule has 6 nitrogen and oxygen atoms in total. The number of ether oxygens (including phenoxy) is 1. The Morgan fingerprint density at radius 2 is 1.67 bits per heavy atom. The molecule has 0 saturated carbocycles. The largest absolute Gasteiger partial charge is 0.378 e. The van der Waals surface area contributed by atoms with Gasteiger partial charge in [-0.05, 0) is 49.9 Å². The Labute approximate surface area is 161 Å². The minimum absolute atomic E-state index is 0.733. The van der Waals surface area contributed by atoms with Crippen molar-refractivity contribution in [1.29, 1.82) is 0 Å². The van der Waals surface area contributed by atoms with Gasteiger partial charge in [-0.25, -0.2) is 4.98 Å². The highest BCUT2D eigenvalue weighted by Gasteiger charge is 2.17. The van der Waals surface area contributed by atoms with Gasteiger partial charge in [-0.1, -0.05) is 6.92 Å². The van der Waals surface area contributed by atoms with E-state index in [4.69, 9.17) is 9.72 Å². The van der Waals surface area contributed by atoms with Crippen LogP contribution in [0, 0.1) is 12.8 Å². The van der Waals surface area contributed by atoms with Crippen LogP contribution in [-0.4, -0.2) is 49.4 Å². The van der Waals surface area contributed by atoms with E-state index in [0.717, 1.165) is 68.5 Å². The monoisotopic (exact) mass is 367 g/mol. The topological polar surface area (TPSA) is 53.5 Å². The van der Waals surface area contributed by atoms with Crippen molar-refractivity contribution in [2.24, 2.45) is 5.92 Å². The van der Waals surface area contributed by atoms with Crippen molar-refractivity contribution in [1.82, 2.24) is 9.97 Å². The van der Waals surface area contributed by atoms with Crippen molar-refractivity contribution in [3.8, 4) is 0 Å². The molecular formula is C21H29N5O. The van der Waals surface area contributed by atoms with Gasteiger partial charge in [0.25, 0.3) is 0 Å². The number of nitrogens with zero attached hydrogens (tertiary/aromatic N) is 4. The molecule has 6 heteroatoms. The molecule has 1 N–H and O–H groups in total. The van der Waals surface area contributed by atoms with E-state index < -0.39 is 0 Å². The Kier molecular flexibility index (Phi) is 5.43. The Morgan fingerprint density at radius 1 is 0.963 bits per heavy atom. The Hall–Kier alpha value is -2.34. The average molecular weight is 367 g/mol. The average Bonchev–Trinajstić information content (AvgIpc) is 2.69. The zero-order valence-corrected chi connectivity index (χ0v) is 16.3. The zero-order valence-electron chi connectivity index (χ0n) is 16.3. The molecule has 0 spiro atoms. The summed E-state index contributed by atoms with van der Waals surface area (Å²) in [5.41, 5.74) is 3.32. The number of rotatable bonds is 4. The minimum Gasteiger partial charge on any atom is -0.378 e. The molecule has 0 bridgehead atoms. The summed E-state index contributed by atoms with van der Waals surface area (Å²) in [5, 5.41) is 3.43. The number of anilines is 4. The summed E-state index contributed by atoms with van der Waals surface area (Å²) in [5.74, 6) is 2.47. The molecule has 2 aromatic rings. The molecule has 27 heavy (non-hydrogen) atoms. The number of hydrogen-bond acceptors (Lipinski definition) is 6. The van der Waals surface area contributed by atoms with Crippen LogP contribution in [0.15, 0.2) is 30.3 Å². The lowest BCUT2D eigenvalue weighted by Gasteiger charge is -2.32. The molecule has 0 unspecified atom stereocenters. The van der Waals surface area contributed by atoms with Crippen molar-refractivity contribution >= 4 is 23.1 Å². The molecule has 2 saturated heterocycles. The second-order valence-corrected chi connectivity index (χ2v) is 7.64. The van der Waals surface area contributed by atoms with Gasteiger partial charge in [0.2, 0.25) is 5.95 Å². The van der Waals surface area contributed by atoms with Crippen LogP contribution in [0.5, 0.6) is 0 Å². The van der Waals surface area contributed by atoms with Crippen molar-refractivity contribution < 1.29 is 4.74 Å². The van der Waals surface area contributed by atoms with Gasteiger partial charge in [0, 0.05) is 49.3 Å². The van der Waals surface area contributed by atoms with Crippen LogP contribution >= 0.6 is 0 Å². The summed E-state index contributed by atoms with van der Waals surface area (Å²) >= 11 is 0. The van der Waals surface area contributed by atoms with E-state index in [1.165, 1.54) is 18.5 Å². The zero-order chi connectivity index (χ0) is 18.6. The second-order valence-electron chi connectivity index (χ2n) is 7.64. The fourth-order valence-electron chi connectivity index (χ4n) is 3.69. The molecule has 1 aromatic heterocycles. The molecule has 0 amide bonds. The smallest absolute Gasteiger partial charge is 0.227 e. The molecule has 3 heterocycles. The molecule has 0 atom stereocenters. The Balaban J connectivity index is 1.45. The van der Waals surface area contributed by atoms with E-state index in [-0.39, 0.29) is 0 Å². The maximum Gasteiger partial charge on any atom is 0.227 e. The van der Waals surface area contributed by atoms with Crippen LogP contribution in [0.2, 0.25) is 0 Å². The van der Waals surface area contributed by atoms with E-state index in [1.807, 2.05) is 13.0 Å². The fourth-order valence-corrected chi connectivity index (χ4v) is 3.69. The first-order valence-corrected chi connectivity index (χ1v) is 9.98. The number of nitrogens with one attached hydrogen (secondary N) is 1. The van der Waals surface area contributed by atoms with E-state index in [1.54, 1.807) is 0 Å². The summed E-state index contributed by atoms with van der Waals surface area (Å²) < 4.78 is 5.43. The number of morpholine rings is 1. The summed E-state index contributed by atoms with van der Waals surface area (Å²) in [4.78, 5) is 14.0. The number of piperidine rings is 1. The van der Waals surface area contributed by atoms with Crippen molar-refractivity contribution in [3.63, 3.8) is 0 Å². The first-order chi connectivity index (χ1) is 13.2. The van der Waals surface area contributed by atoms with Crippen LogP contribution < -0.4 is 15.1 Å². The van der Waals surface area contributed by atoms with E-state index >= 15 is 0 Å². The van der Waals surface area contributed by atoms with Gasteiger partial charge in [0.15, 0.2) is 0 Å². The lowest BCUT2D eigenvalue weighted by Crippen LogP contribution is -2.37. The van der Waals surface area contributed by atoms with E-state index in [2.05, 4.69) is 51.3 Å². The third kappa shape index (κ3) is 4.50. The third-order valence-electron chi connectivity index (χ3n) is 5.42. The Bertz CT molecular complexity index is 750. The molecule has 2 aliphatic heterocycles. The number of aryl methyl sites for hydroxylation is 1. The second kappa shape index (κ2) is 8.13. The van der Waals surface area contributed by atoms with Crippen LogP contribution in [0.1, 0.15) is 25.5 Å². The van der Waals surface area contributed by atoms with Crippen LogP contribution in [-0.2, 0) is 4.74 Å². The fraction of sp³-hybridized carbons (Fsp3) is 0.524. The maximum absolute atomic E-state index is 5.43. The molecule has 4 rings (SSSR count). The lowest BCUT2D eigenvalue weighted by molar-refractivity contribution is 0.122. The summed E-state index contributed by atoms with van der Waals surface area (Å²) in [6.07, 6.45) is 2.56. The van der Waals surface area contributed by atoms with Gasteiger partial charge in [-0.2, -0.15) is 4.98 Å². The molecule has 0 radical (unpaired) electrons.